The summed E-state index contributed by atoms with van der Waals surface area (Å²) in [4.78, 5) is 0. The summed E-state index contributed by atoms with van der Waals surface area (Å²) in [5.74, 6) is 2.01. The van der Waals surface area contributed by atoms with E-state index in [9.17, 15) is 0 Å². The number of ether oxygens (including phenoxy) is 6. The molecule has 168 valence electrons. The zero-order chi connectivity index (χ0) is 21.7. The molecule has 0 N–H and O–H groups in total. The van der Waals surface area contributed by atoms with Crippen molar-refractivity contribution in [2.24, 2.45) is 5.92 Å². The highest BCUT2D eigenvalue weighted by molar-refractivity contribution is 5.29. The van der Waals surface area contributed by atoms with Gasteiger partial charge >= 0.3 is 0 Å². The highest BCUT2D eigenvalue weighted by Crippen LogP contribution is 2.28. The van der Waals surface area contributed by atoms with Crippen molar-refractivity contribution in [3.8, 4) is 11.5 Å². The van der Waals surface area contributed by atoms with E-state index < -0.39 is 0 Å². The molecule has 0 amide bonds. The molecule has 3 rings (SSSR count). The minimum atomic E-state index is -0.333. The smallest absolute Gasteiger partial charge is 0.183 e. The van der Waals surface area contributed by atoms with Crippen molar-refractivity contribution in [2.75, 3.05) is 53.4 Å². The van der Waals surface area contributed by atoms with Gasteiger partial charge in [-0.1, -0.05) is 30.3 Å². The molecule has 1 aliphatic heterocycles. The maximum absolute atomic E-state index is 5.96. The summed E-state index contributed by atoms with van der Waals surface area (Å²) in [6.45, 7) is 7.59. The van der Waals surface area contributed by atoms with Crippen molar-refractivity contribution in [3.63, 3.8) is 0 Å². The molecule has 1 saturated heterocycles. The second-order valence-electron chi connectivity index (χ2n) is 7.31. The summed E-state index contributed by atoms with van der Waals surface area (Å²) in [5, 5.41) is 0. The van der Waals surface area contributed by atoms with Gasteiger partial charge in [0.1, 0.15) is 18.1 Å². The molecule has 1 aliphatic rings. The van der Waals surface area contributed by atoms with Crippen LogP contribution in [0.3, 0.4) is 0 Å². The molecule has 0 bridgehead atoms. The summed E-state index contributed by atoms with van der Waals surface area (Å²) in [6, 6.07) is 16.0. The molecule has 0 unspecified atom stereocenters. The number of rotatable bonds is 13. The van der Waals surface area contributed by atoms with Crippen molar-refractivity contribution in [1.82, 2.24) is 0 Å². The first-order valence-corrected chi connectivity index (χ1v) is 10.6. The largest absolute Gasteiger partial charge is 0.497 e. The van der Waals surface area contributed by atoms with Gasteiger partial charge in [-0.05, 0) is 36.2 Å². The van der Waals surface area contributed by atoms with Crippen molar-refractivity contribution in [1.29, 1.82) is 0 Å². The molecule has 2 aromatic carbocycles. The fourth-order valence-corrected chi connectivity index (χ4v) is 3.27. The molecule has 6 nitrogen and oxygen atoms in total. The van der Waals surface area contributed by atoms with Gasteiger partial charge in [-0.25, -0.2) is 0 Å². The quantitative estimate of drug-likeness (QED) is 0.352. The third-order valence-electron chi connectivity index (χ3n) is 4.91. The average Bonchev–Trinajstić information content (AvgIpc) is 2.82. The number of hydrogen-bond donors (Lipinski definition) is 0. The van der Waals surface area contributed by atoms with Crippen LogP contribution >= 0.6 is 0 Å². The lowest BCUT2D eigenvalue weighted by Crippen LogP contribution is -2.28. The molecule has 0 saturated carbocycles. The molecule has 0 atom stereocenters. The summed E-state index contributed by atoms with van der Waals surface area (Å²) >= 11 is 0. The van der Waals surface area contributed by atoms with Gasteiger partial charge in [-0.3, -0.25) is 0 Å². The first-order chi connectivity index (χ1) is 15.3. The zero-order valence-corrected chi connectivity index (χ0v) is 18.2. The standard InChI is InChI=1S/C25H32O6/c1-3-12-27-13-14-28-15-16-29-24-10-6-22(7-11-24)25-30-18-21(19-31-25)17-20-4-8-23(26-2)9-5-20/h3-11,21,25H,1,12-19H2,2H3. The van der Waals surface area contributed by atoms with Crippen LogP contribution in [-0.4, -0.2) is 53.4 Å². The zero-order valence-electron chi connectivity index (χ0n) is 18.2. The van der Waals surface area contributed by atoms with Gasteiger partial charge in [-0.2, -0.15) is 0 Å². The monoisotopic (exact) mass is 428 g/mol. The van der Waals surface area contributed by atoms with Crippen LogP contribution in [-0.2, 0) is 25.4 Å². The van der Waals surface area contributed by atoms with E-state index in [1.54, 1.807) is 13.2 Å². The Morgan fingerprint density at radius 1 is 0.871 bits per heavy atom. The molecular weight excluding hydrogens is 396 g/mol. The van der Waals surface area contributed by atoms with Gasteiger partial charge in [0.05, 0.1) is 46.8 Å². The Balaban J connectivity index is 1.33. The van der Waals surface area contributed by atoms with Crippen LogP contribution in [0.2, 0.25) is 0 Å². The Hall–Kier alpha value is -2.38. The minimum absolute atomic E-state index is 0.333. The van der Waals surface area contributed by atoms with Gasteiger partial charge in [0.2, 0.25) is 0 Å². The molecule has 1 heterocycles. The van der Waals surface area contributed by atoms with Crippen LogP contribution < -0.4 is 9.47 Å². The Bertz CT molecular complexity index is 751. The fourth-order valence-electron chi connectivity index (χ4n) is 3.27. The van der Waals surface area contributed by atoms with E-state index in [1.807, 2.05) is 36.4 Å². The minimum Gasteiger partial charge on any atom is -0.497 e. The van der Waals surface area contributed by atoms with E-state index in [0.29, 0.717) is 52.2 Å². The Morgan fingerprint density at radius 2 is 1.52 bits per heavy atom. The first-order valence-electron chi connectivity index (χ1n) is 10.6. The van der Waals surface area contributed by atoms with Crippen LogP contribution in [0.1, 0.15) is 17.4 Å². The maximum Gasteiger partial charge on any atom is 0.183 e. The van der Waals surface area contributed by atoms with Crippen LogP contribution in [0.15, 0.2) is 61.2 Å². The lowest BCUT2D eigenvalue weighted by atomic mass is 10.00. The van der Waals surface area contributed by atoms with Gasteiger partial charge in [0, 0.05) is 11.5 Å². The summed E-state index contributed by atoms with van der Waals surface area (Å²) in [5.41, 5.74) is 2.25. The normalized spacial score (nSPS) is 18.5. The van der Waals surface area contributed by atoms with E-state index in [-0.39, 0.29) is 6.29 Å². The Morgan fingerprint density at radius 3 is 2.19 bits per heavy atom. The first kappa shape index (κ1) is 23.3. The molecule has 2 aromatic rings. The SMILES string of the molecule is C=CCOCCOCCOc1ccc(C2OCC(Cc3ccc(OC)cc3)CO2)cc1. The lowest BCUT2D eigenvalue weighted by molar-refractivity contribution is -0.204. The second kappa shape index (κ2) is 13.1. The van der Waals surface area contributed by atoms with Crippen molar-refractivity contribution < 1.29 is 28.4 Å². The molecule has 0 radical (unpaired) electrons. The molecule has 0 aliphatic carbocycles. The van der Waals surface area contributed by atoms with E-state index >= 15 is 0 Å². The van der Waals surface area contributed by atoms with Crippen molar-refractivity contribution in [3.05, 3.63) is 72.3 Å². The van der Waals surface area contributed by atoms with Gasteiger partial charge < -0.3 is 28.4 Å². The molecular formula is C25H32O6. The molecule has 0 spiro atoms. The maximum atomic E-state index is 5.96. The van der Waals surface area contributed by atoms with E-state index in [4.69, 9.17) is 28.4 Å². The van der Waals surface area contributed by atoms with Crippen LogP contribution in [0.5, 0.6) is 11.5 Å². The van der Waals surface area contributed by atoms with Gasteiger partial charge in [-0.15, -0.1) is 6.58 Å². The Kier molecular flexibility index (Phi) is 9.86. The summed E-state index contributed by atoms with van der Waals surface area (Å²) in [7, 11) is 1.68. The third kappa shape index (κ3) is 7.99. The van der Waals surface area contributed by atoms with Gasteiger partial charge in [0.25, 0.3) is 0 Å². The van der Waals surface area contributed by atoms with Crippen LogP contribution in [0.25, 0.3) is 0 Å². The highest BCUT2D eigenvalue weighted by atomic mass is 16.7. The average molecular weight is 429 g/mol. The van der Waals surface area contributed by atoms with E-state index in [0.717, 1.165) is 23.5 Å². The lowest BCUT2D eigenvalue weighted by Gasteiger charge is -2.29. The molecule has 1 fully saturated rings. The van der Waals surface area contributed by atoms with Crippen LogP contribution in [0.4, 0.5) is 0 Å². The molecule has 31 heavy (non-hydrogen) atoms. The van der Waals surface area contributed by atoms with E-state index in [2.05, 4.69) is 18.7 Å². The second-order valence-corrected chi connectivity index (χ2v) is 7.31. The Labute approximate surface area is 184 Å². The number of hydrogen-bond acceptors (Lipinski definition) is 6. The summed E-state index contributed by atoms with van der Waals surface area (Å²) < 4.78 is 33.5. The predicted molar refractivity (Wildman–Crippen MR) is 119 cm³/mol. The van der Waals surface area contributed by atoms with Gasteiger partial charge in [0.15, 0.2) is 6.29 Å². The molecule has 0 aromatic heterocycles. The topological polar surface area (TPSA) is 55.4 Å². The van der Waals surface area contributed by atoms with Crippen LogP contribution in [0, 0.1) is 5.92 Å². The van der Waals surface area contributed by atoms with Crippen molar-refractivity contribution >= 4 is 0 Å². The molecule has 6 heteroatoms. The number of benzene rings is 2. The summed E-state index contributed by atoms with van der Waals surface area (Å²) in [6.07, 6.45) is 2.31. The third-order valence-corrected chi connectivity index (χ3v) is 4.91. The highest BCUT2D eigenvalue weighted by Gasteiger charge is 2.23. The van der Waals surface area contributed by atoms with E-state index in [1.165, 1.54) is 5.56 Å². The predicted octanol–water partition coefficient (Wildman–Crippen LogP) is 4.20. The fraction of sp³-hybridized carbons (Fsp3) is 0.440. The number of methoxy groups -OCH3 is 1. The van der Waals surface area contributed by atoms with Crippen molar-refractivity contribution in [2.45, 2.75) is 12.7 Å².